The lowest BCUT2D eigenvalue weighted by Gasteiger charge is -2.57. The Balaban J connectivity index is 1.33. The fourth-order valence-electron chi connectivity index (χ4n) is 6.93. The Bertz CT molecular complexity index is 650. The zero-order chi connectivity index (χ0) is 19.9. The number of aliphatic hydroxyl groups excluding tert-OH is 1. The molecule has 1 amide bonds. The first kappa shape index (κ1) is 19.9. The van der Waals surface area contributed by atoms with Crippen LogP contribution in [-0.4, -0.2) is 29.0 Å². The van der Waals surface area contributed by atoms with E-state index in [-0.39, 0.29) is 17.9 Å². The topological polar surface area (TPSA) is 40.5 Å². The highest BCUT2D eigenvalue weighted by Crippen LogP contribution is 2.61. The van der Waals surface area contributed by atoms with Crippen molar-refractivity contribution in [1.29, 1.82) is 0 Å². The molecule has 154 valence electrons. The number of carbonyl (C=O) groups is 1. The van der Waals surface area contributed by atoms with E-state index in [4.69, 9.17) is 0 Å². The molecule has 0 radical (unpaired) electrons. The van der Waals surface area contributed by atoms with Gasteiger partial charge in [0.1, 0.15) is 0 Å². The predicted octanol–water partition coefficient (Wildman–Crippen LogP) is 5.20. The number of nitrogens with zero attached hydrogens (tertiary/aromatic N) is 1. The Kier molecular flexibility index (Phi) is 5.57. The molecule has 4 aliphatic carbocycles. The molecular formula is C25H37NO2. The number of aliphatic hydroxyl groups is 1. The van der Waals surface area contributed by atoms with Crippen LogP contribution in [0.1, 0.15) is 76.9 Å². The molecule has 0 aliphatic heterocycles. The Morgan fingerprint density at radius 2 is 1.61 bits per heavy atom. The van der Waals surface area contributed by atoms with Crippen molar-refractivity contribution in [1.82, 2.24) is 4.90 Å². The van der Waals surface area contributed by atoms with Crippen molar-refractivity contribution in [3.8, 4) is 0 Å². The maximum atomic E-state index is 13.1. The van der Waals surface area contributed by atoms with Gasteiger partial charge in [0.2, 0.25) is 5.91 Å². The van der Waals surface area contributed by atoms with Gasteiger partial charge in [-0.1, -0.05) is 37.3 Å². The van der Waals surface area contributed by atoms with E-state index >= 15 is 0 Å². The summed E-state index contributed by atoms with van der Waals surface area (Å²) in [5, 5.41) is 10.7. The number of hydrogen-bond acceptors (Lipinski definition) is 2. The summed E-state index contributed by atoms with van der Waals surface area (Å²) in [6.07, 6.45) is 10.2. The summed E-state index contributed by atoms with van der Waals surface area (Å²) in [4.78, 5) is 14.8. The maximum Gasteiger partial charge on any atom is 0.225 e. The van der Waals surface area contributed by atoms with Crippen molar-refractivity contribution < 1.29 is 9.90 Å². The molecule has 3 atom stereocenters. The molecule has 1 unspecified atom stereocenters. The quantitative estimate of drug-likeness (QED) is 0.703. The smallest absolute Gasteiger partial charge is 0.225 e. The molecule has 4 fully saturated rings. The van der Waals surface area contributed by atoms with Gasteiger partial charge in [-0.25, -0.2) is 0 Å². The molecule has 4 aliphatic rings. The van der Waals surface area contributed by atoms with Crippen LogP contribution < -0.4 is 0 Å². The van der Waals surface area contributed by atoms with Gasteiger partial charge in [0.25, 0.3) is 0 Å². The molecule has 28 heavy (non-hydrogen) atoms. The zero-order valence-electron chi connectivity index (χ0n) is 17.8. The summed E-state index contributed by atoms with van der Waals surface area (Å²) < 4.78 is 0. The molecule has 0 spiro atoms. The largest absolute Gasteiger partial charge is 0.386 e. The first-order valence-corrected chi connectivity index (χ1v) is 11.4. The lowest BCUT2D eigenvalue weighted by molar-refractivity contribution is -0.138. The minimum Gasteiger partial charge on any atom is -0.386 e. The van der Waals surface area contributed by atoms with E-state index in [0.29, 0.717) is 5.41 Å². The predicted molar refractivity (Wildman–Crippen MR) is 113 cm³/mol. The Morgan fingerprint density at radius 1 is 1.07 bits per heavy atom. The highest BCUT2D eigenvalue weighted by molar-refractivity contribution is 5.78. The highest BCUT2D eigenvalue weighted by Gasteiger charge is 2.50. The van der Waals surface area contributed by atoms with Gasteiger partial charge in [-0.15, -0.1) is 0 Å². The standard InChI is InChI=1S/C25H37NO2/c1-17(9-10-25-14-19-11-20(15-25)13-21(12-19)16-25)24(28)26(3)18(2)23(27)22-7-5-4-6-8-22/h4-8,17-21,23,27H,9-16H2,1-3H3/t17?,18-,19?,20?,21?,23+,25?/m0/s1. The van der Waals surface area contributed by atoms with Crippen molar-refractivity contribution >= 4 is 5.91 Å². The van der Waals surface area contributed by atoms with E-state index in [1.165, 1.54) is 44.9 Å². The molecule has 4 saturated carbocycles. The van der Waals surface area contributed by atoms with Gasteiger partial charge in [0, 0.05) is 13.0 Å². The van der Waals surface area contributed by atoms with Crippen LogP contribution in [0.15, 0.2) is 30.3 Å². The van der Waals surface area contributed by atoms with Crippen LogP contribution in [0.5, 0.6) is 0 Å². The van der Waals surface area contributed by atoms with Gasteiger partial charge in [-0.05, 0) is 87.0 Å². The lowest BCUT2D eigenvalue weighted by atomic mass is 9.48. The van der Waals surface area contributed by atoms with E-state index in [1.54, 1.807) is 4.90 Å². The molecule has 1 aromatic carbocycles. The maximum absolute atomic E-state index is 13.1. The molecule has 0 heterocycles. The van der Waals surface area contributed by atoms with Gasteiger partial charge < -0.3 is 10.0 Å². The van der Waals surface area contributed by atoms with Crippen molar-refractivity contribution in [2.75, 3.05) is 7.05 Å². The molecule has 0 aromatic heterocycles. The van der Waals surface area contributed by atoms with Crippen molar-refractivity contribution in [3.63, 3.8) is 0 Å². The minimum atomic E-state index is -0.648. The van der Waals surface area contributed by atoms with Gasteiger partial charge in [-0.2, -0.15) is 0 Å². The summed E-state index contributed by atoms with van der Waals surface area (Å²) >= 11 is 0. The Morgan fingerprint density at radius 3 is 2.14 bits per heavy atom. The first-order chi connectivity index (χ1) is 13.4. The number of amides is 1. The van der Waals surface area contributed by atoms with Crippen LogP contribution in [-0.2, 0) is 4.79 Å². The van der Waals surface area contributed by atoms with Gasteiger partial charge in [-0.3, -0.25) is 4.79 Å². The second-order valence-corrected chi connectivity index (χ2v) is 10.4. The van der Waals surface area contributed by atoms with Crippen molar-refractivity contribution in [3.05, 3.63) is 35.9 Å². The van der Waals surface area contributed by atoms with E-state index in [9.17, 15) is 9.90 Å². The van der Waals surface area contributed by atoms with E-state index in [2.05, 4.69) is 6.92 Å². The first-order valence-electron chi connectivity index (χ1n) is 11.4. The molecule has 3 heteroatoms. The average Bonchev–Trinajstić information content (AvgIpc) is 2.69. The number of carbonyl (C=O) groups excluding carboxylic acids is 1. The third-order valence-electron chi connectivity index (χ3n) is 8.25. The monoisotopic (exact) mass is 383 g/mol. The number of hydrogen-bond donors (Lipinski definition) is 1. The number of likely N-dealkylation sites (N-methyl/N-ethyl adjacent to an activating group) is 1. The van der Waals surface area contributed by atoms with Crippen molar-refractivity contribution in [2.45, 2.75) is 77.4 Å². The van der Waals surface area contributed by atoms with Crippen molar-refractivity contribution in [2.24, 2.45) is 29.1 Å². The summed E-state index contributed by atoms with van der Waals surface area (Å²) in [6, 6.07) is 9.44. The fraction of sp³-hybridized carbons (Fsp3) is 0.720. The molecular weight excluding hydrogens is 346 g/mol. The summed E-state index contributed by atoms with van der Waals surface area (Å²) in [5.41, 5.74) is 1.41. The summed E-state index contributed by atoms with van der Waals surface area (Å²) in [6.45, 7) is 4.03. The molecule has 0 saturated heterocycles. The summed E-state index contributed by atoms with van der Waals surface area (Å²) in [5.74, 6) is 3.12. The molecule has 3 nitrogen and oxygen atoms in total. The number of benzene rings is 1. The second-order valence-electron chi connectivity index (χ2n) is 10.4. The third kappa shape index (κ3) is 3.87. The third-order valence-corrected chi connectivity index (χ3v) is 8.25. The van der Waals surface area contributed by atoms with E-state index < -0.39 is 6.10 Å². The SMILES string of the molecule is CC(CCC12CC3CC(CC(C3)C1)C2)C(=O)N(C)[C@@H](C)[C@@H](O)c1ccccc1. The van der Waals surface area contributed by atoms with Crippen LogP contribution in [0, 0.1) is 29.1 Å². The Labute approximate surface area is 170 Å². The van der Waals surface area contributed by atoms with Crippen LogP contribution >= 0.6 is 0 Å². The highest BCUT2D eigenvalue weighted by atomic mass is 16.3. The normalized spacial score (nSPS) is 34.1. The second kappa shape index (κ2) is 7.82. The Hall–Kier alpha value is -1.35. The van der Waals surface area contributed by atoms with E-state index in [1.807, 2.05) is 44.3 Å². The zero-order valence-corrected chi connectivity index (χ0v) is 17.8. The van der Waals surface area contributed by atoms with Crippen LogP contribution in [0.2, 0.25) is 0 Å². The van der Waals surface area contributed by atoms with Crippen LogP contribution in [0.25, 0.3) is 0 Å². The van der Waals surface area contributed by atoms with Crippen LogP contribution in [0.4, 0.5) is 0 Å². The van der Waals surface area contributed by atoms with Gasteiger partial charge in [0.05, 0.1) is 12.1 Å². The molecule has 4 bridgehead atoms. The summed E-state index contributed by atoms with van der Waals surface area (Å²) in [7, 11) is 1.85. The average molecular weight is 384 g/mol. The van der Waals surface area contributed by atoms with Gasteiger partial charge in [0.15, 0.2) is 0 Å². The molecule has 1 aromatic rings. The lowest BCUT2D eigenvalue weighted by Crippen LogP contribution is -2.46. The van der Waals surface area contributed by atoms with Crippen LogP contribution in [0.3, 0.4) is 0 Å². The molecule has 5 rings (SSSR count). The molecule has 1 N–H and O–H groups in total. The van der Waals surface area contributed by atoms with Gasteiger partial charge >= 0.3 is 0 Å². The van der Waals surface area contributed by atoms with E-state index in [0.717, 1.165) is 29.7 Å². The minimum absolute atomic E-state index is 0.0310. The number of rotatable bonds is 7. The fourth-order valence-corrected chi connectivity index (χ4v) is 6.93.